The minimum atomic E-state index is -4.65. The van der Waals surface area contributed by atoms with Gasteiger partial charge in [0.1, 0.15) is 12.1 Å². The molecule has 1 amide bonds. The largest absolute Gasteiger partial charge is 0.459 e. The quantitative estimate of drug-likeness (QED) is 0.480. The zero-order valence-corrected chi connectivity index (χ0v) is 20.6. The summed E-state index contributed by atoms with van der Waals surface area (Å²) >= 11 is 6.31. The molecule has 0 aliphatic rings. The molecule has 0 saturated heterocycles. The van der Waals surface area contributed by atoms with Crippen molar-refractivity contribution in [3.8, 4) is 16.9 Å². The maximum absolute atomic E-state index is 13.4. The first-order chi connectivity index (χ1) is 16.7. The van der Waals surface area contributed by atoms with Crippen LogP contribution in [0.4, 0.5) is 13.2 Å². The molecule has 0 saturated carbocycles. The van der Waals surface area contributed by atoms with Crippen molar-refractivity contribution in [3.63, 3.8) is 0 Å². The van der Waals surface area contributed by atoms with Crippen molar-refractivity contribution >= 4 is 23.5 Å². The van der Waals surface area contributed by atoms with Gasteiger partial charge in [0.05, 0.1) is 16.3 Å². The number of benzene rings is 2. The first-order valence-electron chi connectivity index (χ1n) is 10.8. The average Bonchev–Trinajstić information content (AvgIpc) is 2.77. The summed E-state index contributed by atoms with van der Waals surface area (Å²) in [5.41, 5.74) is -2.85. The lowest BCUT2D eigenvalue weighted by Gasteiger charge is -2.20. The van der Waals surface area contributed by atoms with E-state index in [9.17, 15) is 27.6 Å². The second kappa shape index (κ2) is 10.1. The van der Waals surface area contributed by atoms with Crippen LogP contribution in [0.1, 0.15) is 42.5 Å². The van der Waals surface area contributed by atoms with Crippen LogP contribution in [0.3, 0.4) is 0 Å². The fourth-order valence-electron chi connectivity index (χ4n) is 3.41. The molecule has 1 heterocycles. The molecule has 0 aliphatic carbocycles. The Bertz CT molecular complexity index is 1380. The fourth-order valence-corrected chi connectivity index (χ4v) is 3.63. The number of rotatable bonds is 5. The molecule has 1 aromatic heterocycles. The van der Waals surface area contributed by atoms with Gasteiger partial charge in [-0.25, -0.2) is 4.98 Å². The van der Waals surface area contributed by atoms with E-state index >= 15 is 0 Å². The van der Waals surface area contributed by atoms with Gasteiger partial charge in [-0.05, 0) is 52.0 Å². The minimum absolute atomic E-state index is 0.111. The second-order valence-electron chi connectivity index (χ2n) is 8.83. The third-order valence-corrected chi connectivity index (χ3v) is 5.23. The Labute approximate surface area is 209 Å². The van der Waals surface area contributed by atoms with Gasteiger partial charge in [-0.15, -0.1) is 0 Å². The first-order valence-corrected chi connectivity index (χ1v) is 11.1. The molecule has 0 unspecified atom stereocenters. The van der Waals surface area contributed by atoms with E-state index in [1.54, 1.807) is 45.0 Å². The van der Waals surface area contributed by atoms with Crippen LogP contribution in [0.15, 0.2) is 53.3 Å². The van der Waals surface area contributed by atoms with Gasteiger partial charge >= 0.3 is 12.1 Å². The van der Waals surface area contributed by atoms with E-state index in [2.05, 4.69) is 10.3 Å². The highest BCUT2D eigenvalue weighted by molar-refractivity contribution is 6.33. The maximum atomic E-state index is 13.4. The highest BCUT2D eigenvalue weighted by Gasteiger charge is 2.31. The summed E-state index contributed by atoms with van der Waals surface area (Å²) in [5, 5.41) is 2.54. The molecule has 0 atom stereocenters. The van der Waals surface area contributed by atoms with Crippen LogP contribution in [0.5, 0.6) is 0 Å². The van der Waals surface area contributed by atoms with Crippen LogP contribution in [-0.2, 0) is 15.7 Å². The van der Waals surface area contributed by atoms with E-state index in [1.165, 1.54) is 13.0 Å². The van der Waals surface area contributed by atoms with Gasteiger partial charge in [0.2, 0.25) is 0 Å². The van der Waals surface area contributed by atoms with Crippen molar-refractivity contribution < 1.29 is 27.5 Å². The smallest absolute Gasteiger partial charge is 0.416 e. The van der Waals surface area contributed by atoms with E-state index in [0.717, 1.165) is 22.8 Å². The van der Waals surface area contributed by atoms with E-state index in [4.69, 9.17) is 16.3 Å². The molecule has 2 aromatic carbocycles. The molecule has 3 aromatic rings. The van der Waals surface area contributed by atoms with Crippen molar-refractivity contribution in [3.05, 3.63) is 80.9 Å². The standard InChI is InChI=1S/C25H23ClF3N3O4/c1-14-20(17-10-5-6-11-18(17)26)31-21(22(34)30-13-19(33)36-24(2,3)4)23(35)32(14)16-9-7-8-15(12-16)25(27,28)29/h5-12H,13H2,1-4H3,(H,30,34). The van der Waals surface area contributed by atoms with Crippen molar-refractivity contribution in [2.75, 3.05) is 6.54 Å². The molecule has 0 fully saturated rings. The zero-order valence-electron chi connectivity index (χ0n) is 19.9. The number of halogens is 4. The van der Waals surface area contributed by atoms with Crippen LogP contribution < -0.4 is 10.9 Å². The van der Waals surface area contributed by atoms with Crippen LogP contribution in [0.2, 0.25) is 5.02 Å². The fraction of sp³-hybridized carbons (Fsp3) is 0.280. The number of nitrogens with one attached hydrogen (secondary N) is 1. The lowest BCUT2D eigenvalue weighted by atomic mass is 10.1. The Kier molecular flexibility index (Phi) is 7.59. The lowest BCUT2D eigenvalue weighted by Crippen LogP contribution is -2.39. The lowest BCUT2D eigenvalue weighted by molar-refractivity contribution is -0.153. The van der Waals surface area contributed by atoms with Gasteiger partial charge < -0.3 is 10.1 Å². The number of esters is 1. The monoisotopic (exact) mass is 521 g/mol. The Morgan fingerprint density at radius 1 is 1.08 bits per heavy atom. The van der Waals surface area contributed by atoms with E-state index in [-0.39, 0.29) is 22.1 Å². The number of carbonyl (C=O) groups excluding carboxylic acids is 2. The van der Waals surface area contributed by atoms with Crippen LogP contribution in [-0.4, -0.2) is 33.6 Å². The number of hydrogen-bond acceptors (Lipinski definition) is 5. The number of alkyl halides is 3. The van der Waals surface area contributed by atoms with Gasteiger partial charge in [-0.1, -0.05) is 35.9 Å². The van der Waals surface area contributed by atoms with Crippen LogP contribution in [0.25, 0.3) is 16.9 Å². The molecule has 36 heavy (non-hydrogen) atoms. The van der Waals surface area contributed by atoms with Gasteiger partial charge in [-0.2, -0.15) is 13.2 Å². The predicted molar refractivity (Wildman–Crippen MR) is 128 cm³/mol. The molecule has 7 nitrogen and oxygen atoms in total. The third-order valence-electron chi connectivity index (χ3n) is 4.90. The van der Waals surface area contributed by atoms with Crippen molar-refractivity contribution in [2.24, 2.45) is 0 Å². The minimum Gasteiger partial charge on any atom is -0.459 e. The summed E-state index contributed by atoms with van der Waals surface area (Å²) in [7, 11) is 0. The summed E-state index contributed by atoms with van der Waals surface area (Å²) in [6.07, 6.45) is -4.65. The maximum Gasteiger partial charge on any atom is 0.416 e. The summed E-state index contributed by atoms with van der Waals surface area (Å²) < 4.78 is 46.2. The van der Waals surface area contributed by atoms with Crippen molar-refractivity contribution in [1.82, 2.24) is 14.9 Å². The summed E-state index contributed by atoms with van der Waals surface area (Å²) in [5.74, 6) is -1.74. The van der Waals surface area contributed by atoms with Gasteiger partial charge in [-0.3, -0.25) is 19.0 Å². The number of carbonyl (C=O) groups is 2. The Balaban J connectivity index is 2.17. The number of ether oxygens (including phenoxy) is 1. The Hall–Kier alpha value is -3.66. The molecular weight excluding hydrogens is 499 g/mol. The molecule has 1 N–H and O–H groups in total. The van der Waals surface area contributed by atoms with Gasteiger partial charge in [0.15, 0.2) is 5.69 Å². The predicted octanol–water partition coefficient (Wildman–Crippen LogP) is 4.95. The average molecular weight is 522 g/mol. The van der Waals surface area contributed by atoms with Crippen LogP contribution in [0, 0.1) is 6.92 Å². The Morgan fingerprint density at radius 3 is 2.36 bits per heavy atom. The number of aromatic nitrogens is 2. The van der Waals surface area contributed by atoms with Crippen molar-refractivity contribution in [2.45, 2.75) is 39.5 Å². The summed E-state index contributed by atoms with van der Waals surface area (Å²) in [4.78, 5) is 42.5. The summed E-state index contributed by atoms with van der Waals surface area (Å²) in [6, 6.07) is 10.6. The molecule has 0 radical (unpaired) electrons. The third kappa shape index (κ3) is 6.12. The second-order valence-corrected chi connectivity index (χ2v) is 9.24. The summed E-state index contributed by atoms with van der Waals surface area (Å²) in [6.45, 7) is 5.89. The van der Waals surface area contributed by atoms with Crippen LogP contribution >= 0.6 is 11.6 Å². The molecule has 3 rings (SSSR count). The molecule has 11 heteroatoms. The highest BCUT2D eigenvalue weighted by Crippen LogP contribution is 2.32. The molecular formula is C25H23ClF3N3O4. The SMILES string of the molecule is Cc1c(-c2ccccc2Cl)nc(C(=O)NCC(=O)OC(C)(C)C)c(=O)n1-c1cccc(C(F)(F)F)c1. The van der Waals surface area contributed by atoms with E-state index in [1.807, 2.05) is 0 Å². The Morgan fingerprint density at radius 2 is 1.75 bits per heavy atom. The molecule has 0 spiro atoms. The topological polar surface area (TPSA) is 90.3 Å². The van der Waals surface area contributed by atoms with E-state index < -0.39 is 47.0 Å². The molecule has 190 valence electrons. The molecule has 0 bridgehead atoms. The number of hydrogen-bond donors (Lipinski definition) is 1. The zero-order chi connectivity index (χ0) is 26.8. The first kappa shape index (κ1) is 26.9. The van der Waals surface area contributed by atoms with E-state index in [0.29, 0.717) is 5.56 Å². The van der Waals surface area contributed by atoms with Gasteiger partial charge in [0.25, 0.3) is 11.5 Å². The van der Waals surface area contributed by atoms with Crippen molar-refractivity contribution in [1.29, 1.82) is 0 Å². The highest BCUT2D eigenvalue weighted by atomic mass is 35.5. The molecule has 0 aliphatic heterocycles. The number of amides is 1. The number of nitrogens with zero attached hydrogens (tertiary/aromatic N) is 2. The normalized spacial score (nSPS) is 11.8. The van der Waals surface area contributed by atoms with Gasteiger partial charge in [0, 0.05) is 16.9 Å².